The average Bonchev–Trinajstić information content (AvgIpc) is 3.02. The summed E-state index contributed by atoms with van der Waals surface area (Å²) in [6, 6.07) is 12.6. The van der Waals surface area contributed by atoms with E-state index in [9.17, 15) is 14.0 Å². The summed E-state index contributed by atoms with van der Waals surface area (Å²) in [7, 11) is 1.62. The number of methoxy groups -OCH3 is 1. The second-order valence-corrected chi connectivity index (χ2v) is 6.80. The van der Waals surface area contributed by atoms with Crippen molar-refractivity contribution in [1.82, 2.24) is 15.5 Å². The van der Waals surface area contributed by atoms with Crippen molar-refractivity contribution in [2.24, 2.45) is 0 Å². The summed E-state index contributed by atoms with van der Waals surface area (Å²) in [6.07, 6.45) is 0.693. The molecule has 144 valence electrons. The summed E-state index contributed by atoms with van der Waals surface area (Å²) in [5.41, 5.74) is 2.89. The zero-order valence-electron chi connectivity index (χ0n) is 15.4. The predicted octanol–water partition coefficient (Wildman–Crippen LogP) is 2.53. The van der Waals surface area contributed by atoms with E-state index >= 15 is 0 Å². The molecule has 2 heterocycles. The van der Waals surface area contributed by atoms with Gasteiger partial charge >= 0.3 is 6.03 Å². The first-order valence-electron chi connectivity index (χ1n) is 9.03. The highest BCUT2D eigenvalue weighted by molar-refractivity contribution is 6.01. The van der Waals surface area contributed by atoms with E-state index in [1.807, 2.05) is 24.3 Å². The fourth-order valence-electron chi connectivity index (χ4n) is 3.57. The molecule has 2 aromatic carbocycles. The summed E-state index contributed by atoms with van der Waals surface area (Å²) in [4.78, 5) is 26.8. The van der Waals surface area contributed by atoms with Gasteiger partial charge in [-0.25, -0.2) is 9.18 Å². The van der Waals surface area contributed by atoms with Crippen molar-refractivity contribution in [3.8, 4) is 5.75 Å². The molecular weight excluding hydrogens is 361 g/mol. The van der Waals surface area contributed by atoms with Crippen LogP contribution in [0.15, 0.2) is 59.8 Å². The SMILES string of the molecule is COc1ccc(CCN2CC3=C(C2=O)C(c2ccc(F)cc2)NC(=O)N3)cc1. The molecule has 3 amide bonds. The van der Waals surface area contributed by atoms with E-state index in [-0.39, 0.29) is 17.8 Å². The van der Waals surface area contributed by atoms with Crippen LogP contribution in [-0.2, 0) is 11.2 Å². The van der Waals surface area contributed by atoms with Crippen LogP contribution in [0.5, 0.6) is 5.75 Å². The van der Waals surface area contributed by atoms with Gasteiger partial charge in [-0.3, -0.25) is 4.79 Å². The second-order valence-electron chi connectivity index (χ2n) is 6.80. The third-order valence-corrected chi connectivity index (χ3v) is 5.05. The first-order valence-corrected chi connectivity index (χ1v) is 9.03. The molecule has 1 atom stereocenters. The molecule has 0 aliphatic carbocycles. The van der Waals surface area contributed by atoms with E-state index < -0.39 is 6.04 Å². The maximum absolute atomic E-state index is 13.3. The first-order chi connectivity index (χ1) is 13.5. The Morgan fingerprint density at radius 3 is 2.50 bits per heavy atom. The molecule has 0 saturated carbocycles. The Morgan fingerprint density at radius 1 is 1.11 bits per heavy atom. The monoisotopic (exact) mass is 381 g/mol. The highest BCUT2D eigenvalue weighted by Gasteiger charge is 2.40. The van der Waals surface area contributed by atoms with Crippen molar-refractivity contribution < 1.29 is 18.7 Å². The summed E-state index contributed by atoms with van der Waals surface area (Å²) >= 11 is 0. The molecule has 2 N–H and O–H groups in total. The smallest absolute Gasteiger partial charge is 0.319 e. The number of benzene rings is 2. The van der Waals surface area contributed by atoms with Gasteiger partial charge in [-0.15, -0.1) is 0 Å². The van der Waals surface area contributed by atoms with E-state index in [0.717, 1.165) is 11.3 Å². The standard InChI is InChI=1S/C21H20FN3O3/c1-28-16-8-2-13(3-9-16)10-11-25-12-17-18(20(25)26)19(24-21(27)23-17)14-4-6-15(22)7-5-14/h2-9,19H,10-12H2,1H3,(H2,23,24,27). The molecule has 1 unspecified atom stereocenters. The van der Waals surface area contributed by atoms with Crippen molar-refractivity contribution in [2.75, 3.05) is 20.2 Å². The Morgan fingerprint density at radius 2 is 1.82 bits per heavy atom. The van der Waals surface area contributed by atoms with E-state index in [4.69, 9.17) is 4.74 Å². The van der Waals surface area contributed by atoms with Gasteiger partial charge in [0.05, 0.1) is 31.0 Å². The highest BCUT2D eigenvalue weighted by atomic mass is 19.1. The molecule has 4 rings (SSSR count). The maximum atomic E-state index is 13.3. The third-order valence-electron chi connectivity index (χ3n) is 5.05. The number of hydrogen-bond donors (Lipinski definition) is 2. The van der Waals surface area contributed by atoms with Crippen molar-refractivity contribution >= 4 is 11.9 Å². The molecular formula is C21H20FN3O3. The average molecular weight is 381 g/mol. The number of carbonyl (C=O) groups excluding carboxylic acids is 2. The van der Waals surface area contributed by atoms with Gasteiger partial charge in [-0.2, -0.15) is 0 Å². The molecule has 2 aliphatic rings. The zero-order chi connectivity index (χ0) is 19.7. The van der Waals surface area contributed by atoms with Crippen LogP contribution < -0.4 is 15.4 Å². The van der Waals surface area contributed by atoms with Crippen LogP contribution in [0, 0.1) is 5.82 Å². The van der Waals surface area contributed by atoms with Gasteiger partial charge in [0.25, 0.3) is 5.91 Å². The van der Waals surface area contributed by atoms with E-state index in [2.05, 4.69) is 10.6 Å². The number of amides is 3. The third kappa shape index (κ3) is 3.43. The normalized spacial score (nSPS) is 18.6. The van der Waals surface area contributed by atoms with Crippen LogP contribution in [0.25, 0.3) is 0 Å². The molecule has 2 aliphatic heterocycles. The lowest BCUT2D eigenvalue weighted by molar-refractivity contribution is -0.125. The lowest BCUT2D eigenvalue weighted by Crippen LogP contribution is -2.44. The Hall–Kier alpha value is -3.35. The first kappa shape index (κ1) is 18.0. The topological polar surface area (TPSA) is 70.7 Å². The molecule has 0 radical (unpaired) electrons. The number of urea groups is 1. The largest absolute Gasteiger partial charge is 0.497 e. The molecule has 0 saturated heterocycles. The van der Waals surface area contributed by atoms with Gasteiger partial charge in [-0.05, 0) is 41.8 Å². The lowest BCUT2D eigenvalue weighted by atomic mass is 9.96. The lowest BCUT2D eigenvalue weighted by Gasteiger charge is -2.25. The minimum absolute atomic E-state index is 0.120. The summed E-state index contributed by atoms with van der Waals surface area (Å²) < 4.78 is 18.4. The Labute approximate surface area is 162 Å². The van der Waals surface area contributed by atoms with E-state index in [1.54, 1.807) is 24.1 Å². The molecule has 0 fully saturated rings. The van der Waals surface area contributed by atoms with Gasteiger partial charge in [0.1, 0.15) is 11.6 Å². The van der Waals surface area contributed by atoms with Crippen LogP contribution in [0.1, 0.15) is 17.2 Å². The fourth-order valence-corrected chi connectivity index (χ4v) is 3.57. The summed E-state index contributed by atoms with van der Waals surface area (Å²) in [6.45, 7) is 0.888. The number of rotatable bonds is 5. The number of carbonyl (C=O) groups is 2. The Kier molecular flexibility index (Phi) is 4.73. The minimum Gasteiger partial charge on any atom is -0.497 e. The van der Waals surface area contributed by atoms with E-state index in [1.165, 1.54) is 12.1 Å². The second kappa shape index (κ2) is 7.34. The maximum Gasteiger partial charge on any atom is 0.319 e. The number of ether oxygens (including phenoxy) is 1. The summed E-state index contributed by atoms with van der Waals surface area (Å²) in [5, 5.41) is 5.51. The Bertz CT molecular complexity index is 938. The van der Waals surface area contributed by atoms with Crippen molar-refractivity contribution in [3.05, 3.63) is 76.7 Å². The highest BCUT2D eigenvalue weighted by Crippen LogP contribution is 2.32. The van der Waals surface area contributed by atoms with Gasteiger partial charge in [-0.1, -0.05) is 24.3 Å². The number of halogens is 1. The predicted molar refractivity (Wildman–Crippen MR) is 101 cm³/mol. The van der Waals surface area contributed by atoms with Crippen LogP contribution in [0.4, 0.5) is 9.18 Å². The van der Waals surface area contributed by atoms with Crippen molar-refractivity contribution in [2.45, 2.75) is 12.5 Å². The van der Waals surface area contributed by atoms with Crippen LogP contribution in [0.3, 0.4) is 0 Å². The van der Waals surface area contributed by atoms with Gasteiger partial charge in [0.15, 0.2) is 0 Å². The molecule has 2 aromatic rings. The number of nitrogens with zero attached hydrogens (tertiary/aromatic N) is 1. The van der Waals surface area contributed by atoms with Crippen LogP contribution >= 0.6 is 0 Å². The molecule has 0 aromatic heterocycles. The van der Waals surface area contributed by atoms with Gasteiger partial charge in [0.2, 0.25) is 0 Å². The number of nitrogens with one attached hydrogen (secondary N) is 2. The molecule has 7 heteroatoms. The zero-order valence-corrected chi connectivity index (χ0v) is 15.4. The molecule has 28 heavy (non-hydrogen) atoms. The Balaban J connectivity index is 1.50. The minimum atomic E-state index is -0.581. The summed E-state index contributed by atoms with van der Waals surface area (Å²) in [5.74, 6) is 0.302. The fraction of sp³-hybridized carbons (Fsp3) is 0.238. The van der Waals surface area contributed by atoms with Crippen LogP contribution in [-0.4, -0.2) is 37.0 Å². The molecule has 6 nitrogen and oxygen atoms in total. The van der Waals surface area contributed by atoms with Crippen molar-refractivity contribution in [3.63, 3.8) is 0 Å². The van der Waals surface area contributed by atoms with Crippen LogP contribution in [0.2, 0.25) is 0 Å². The van der Waals surface area contributed by atoms with E-state index in [0.29, 0.717) is 36.3 Å². The molecule has 0 bridgehead atoms. The molecule has 0 spiro atoms. The quantitative estimate of drug-likeness (QED) is 0.836. The van der Waals surface area contributed by atoms with Gasteiger partial charge < -0.3 is 20.3 Å². The van der Waals surface area contributed by atoms with Gasteiger partial charge in [0, 0.05) is 6.54 Å². The van der Waals surface area contributed by atoms with Crippen molar-refractivity contribution in [1.29, 1.82) is 0 Å². The number of hydrogen-bond acceptors (Lipinski definition) is 3.